The third-order valence-corrected chi connectivity index (χ3v) is 5.33. The van der Waals surface area contributed by atoms with E-state index < -0.39 is 17.8 Å². The quantitative estimate of drug-likeness (QED) is 0.139. The summed E-state index contributed by atoms with van der Waals surface area (Å²) in [5, 5.41) is 8.08. The molecule has 0 aliphatic rings. The molecule has 4 aromatic carbocycles. The minimum atomic E-state index is -0.941. The van der Waals surface area contributed by atoms with E-state index >= 15 is 0 Å². The second-order valence-electron chi connectivity index (χ2n) is 7.84. The van der Waals surface area contributed by atoms with Crippen LogP contribution in [0, 0.1) is 6.92 Å². The number of carbonyl (C=O) groups is 3. The van der Waals surface area contributed by atoms with Gasteiger partial charge in [-0.15, -0.1) is 0 Å². The van der Waals surface area contributed by atoms with Crippen molar-refractivity contribution in [3.8, 4) is 11.5 Å². The van der Waals surface area contributed by atoms with E-state index in [-0.39, 0.29) is 5.75 Å². The van der Waals surface area contributed by atoms with Gasteiger partial charge in [0.2, 0.25) is 0 Å². The lowest BCUT2D eigenvalue weighted by atomic mass is 10.0. The lowest BCUT2D eigenvalue weighted by molar-refractivity contribution is -0.136. The molecule has 0 spiro atoms. The van der Waals surface area contributed by atoms with E-state index in [1.54, 1.807) is 49.6 Å². The Morgan fingerprint density at radius 2 is 1.56 bits per heavy atom. The molecule has 0 fully saturated rings. The summed E-state index contributed by atoms with van der Waals surface area (Å²) in [6.45, 7) is 1.92. The molecule has 4 rings (SSSR count). The number of ether oxygens (including phenoxy) is 2. The minimum absolute atomic E-state index is 0.247. The predicted molar refractivity (Wildman–Crippen MR) is 137 cm³/mol. The molecule has 36 heavy (non-hydrogen) atoms. The number of nitrogens with one attached hydrogen (secondary N) is 2. The number of anilines is 1. The van der Waals surface area contributed by atoms with Gasteiger partial charge in [0.15, 0.2) is 0 Å². The fourth-order valence-electron chi connectivity index (χ4n) is 3.41. The van der Waals surface area contributed by atoms with Gasteiger partial charge >= 0.3 is 17.8 Å². The van der Waals surface area contributed by atoms with Gasteiger partial charge in [0.05, 0.1) is 18.9 Å². The van der Waals surface area contributed by atoms with Crippen molar-refractivity contribution in [2.24, 2.45) is 5.10 Å². The number of hydrogen-bond donors (Lipinski definition) is 2. The predicted octanol–water partition coefficient (Wildman–Crippen LogP) is 4.46. The molecule has 0 aromatic heterocycles. The van der Waals surface area contributed by atoms with E-state index in [2.05, 4.69) is 15.8 Å². The molecule has 0 radical (unpaired) electrons. The molecule has 0 heterocycles. The summed E-state index contributed by atoms with van der Waals surface area (Å²) < 4.78 is 10.8. The van der Waals surface area contributed by atoms with Crippen molar-refractivity contribution in [2.75, 3.05) is 12.4 Å². The SMILES string of the molecule is COc1ccc(C(=O)Oc2ccc3ccccc3c2/C=N/NC(=O)C(=O)Nc2ccc(C)cc2)cc1. The van der Waals surface area contributed by atoms with Crippen molar-refractivity contribution in [1.82, 2.24) is 5.43 Å². The smallest absolute Gasteiger partial charge is 0.343 e. The molecule has 0 atom stereocenters. The number of rotatable bonds is 6. The number of nitrogens with zero attached hydrogens (tertiary/aromatic N) is 1. The van der Waals surface area contributed by atoms with Crippen LogP contribution in [0.4, 0.5) is 5.69 Å². The van der Waals surface area contributed by atoms with Crippen molar-refractivity contribution in [1.29, 1.82) is 0 Å². The van der Waals surface area contributed by atoms with Crippen LogP contribution >= 0.6 is 0 Å². The maximum Gasteiger partial charge on any atom is 0.343 e. The fraction of sp³-hybridized carbons (Fsp3) is 0.0714. The van der Waals surface area contributed by atoms with E-state index in [0.29, 0.717) is 22.6 Å². The van der Waals surface area contributed by atoms with E-state index in [4.69, 9.17) is 9.47 Å². The standard InChI is InChI=1S/C28H23N3O5/c1-18-7-12-21(13-8-18)30-26(32)27(33)31-29-17-24-23-6-4-3-5-19(23)11-16-25(24)36-28(34)20-9-14-22(35-2)15-10-20/h3-17H,1-2H3,(H,30,32)(H,31,33)/b29-17+. The van der Waals surface area contributed by atoms with E-state index in [1.807, 2.05) is 49.4 Å². The molecule has 0 bridgehead atoms. The first-order chi connectivity index (χ1) is 17.4. The number of carbonyl (C=O) groups excluding carboxylic acids is 3. The van der Waals surface area contributed by atoms with E-state index in [9.17, 15) is 14.4 Å². The molecule has 0 unspecified atom stereocenters. The zero-order chi connectivity index (χ0) is 25.5. The van der Waals surface area contributed by atoms with Crippen LogP contribution in [0.5, 0.6) is 11.5 Å². The van der Waals surface area contributed by atoms with Crippen molar-refractivity contribution in [2.45, 2.75) is 6.92 Å². The van der Waals surface area contributed by atoms with E-state index in [1.165, 1.54) is 6.21 Å². The highest BCUT2D eigenvalue weighted by Gasteiger charge is 2.15. The third-order valence-electron chi connectivity index (χ3n) is 5.33. The van der Waals surface area contributed by atoms with Gasteiger partial charge in [-0.25, -0.2) is 10.2 Å². The summed E-state index contributed by atoms with van der Waals surface area (Å²) in [6, 6.07) is 24.5. The van der Waals surface area contributed by atoms with Crippen molar-refractivity contribution < 1.29 is 23.9 Å². The zero-order valence-electron chi connectivity index (χ0n) is 19.6. The third kappa shape index (κ3) is 5.74. The normalized spacial score (nSPS) is 10.7. The Balaban J connectivity index is 1.52. The number of fused-ring (bicyclic) bond motifs is 1. The number of benzene rings is 4. The summed E-state index contributed by atoms with van der Waals surface area (Å²) in [5.74, 6) is -1.50. The van der Waals surface area contributed by atoms with Crippen LogP contribution in [-0.4, -0.2) is 31.1 Å². The van der Waals surface area contributed by atoms with Gasteiger partial charge in [0, 0.05) is 11.3 Å². The molecule has 2 amide bonds. The number of hydrogen-bond acceptors (Lipinski definition) is 6. The van der Waals surface area contributed by atoms with Gasteiger partial charge in [-0.2, -0.15) is 5.10 Å². The Labute approximate surface area is 207 Å². The number of methoxy groups -OCH3 is 1. The second-order valence-corrected chi connectivity index (χ2v) is 7.84. The van der Waals surface area contributed by atoms with Crippen LogP contribution in [0.15, 0.2) is 90.0 Å². The molecule has 4 aromatic rings. The first-order valence-corrected chi connectivity index (χ1v) is 11.0. The van der Waals surface area contributed by atoms with Crippen LogP contribution in [-0.2, 0) is 9.59 Å². The molecule has 0 aliphatic carbocycles. The highest BCUT2D eigenvalue weighted by molar-refractivity contribution is 6.39. The highest BCUT2D eigenvalue weighted by atomic mass is 16.5. The monoisotopic (exact) mass is 481 g/mol. The summed E-state index contributed by atoms with van der Waals surface area (Å²) >= 11 is 0. The minimum Gasteiger partial charge on any atom is -0.497 e. The maximum absolute atomic E-state index is 12.7. The number of amides is 2. The summed E-state index contributed by atoms with van der Waals surface area (Å²) in [6.07, 6.45) is 1.34. The lowest BCUT2D eigenvalue weighted by Gasteiger charge is -2.11. The molecule has 8 nitrogen and oxygen atoms in total. The Hall–Kier alpha value is -4.98. The Kier molecular flexibility index (Phi) is 7.36. The van der Waals surface area contributed by atoms with Crippen LogP contribution in [0.25, 0.3) is 10.8 Å². The van der Waals surface area contributed by atoms with Gasteiger partial charge in [0.25, 0.3) is 0 Å². The number of aryl methyl sites for hydroxylation is 1. The Morgan fingerprint density at radius 1 is 0.833 bits per heavy atom. The van der Waals surface area contributed by atoms with Crippen molar-refractivity contribution in [3.63, 3.8) is 0 Å². The fourth-order valence-corrected chi connectivity index (χ4v) is 3.41. The Bertz CT molecular complexity index is 1440. The van der Waals surface area contributed by atoms with Crippen LogP contribution in [0.3, 0.4) is 0 Å². The Morgan fingerprint density at radius 3 is 2.28 bits per heavy atom. The summed E-state index contributed by atoms with van der Waals surface area (Å²) in [7, 11) is 1.54. The number of hydrazone groups is 1. The average Bonchev–Trinajstić information content (AvgIpc) is 2.90. The van der Waals surface area contributed by atoms with Gasteiger partial charge in [-0.3, -0.25) is 9.59 Å². The van der Waals surface area contributed by atoms with E-state index in [0.717, 1.165) is 16.3 Å². The van der Waals surface area contributed by atoms with Gasteiger partial charge < -0.3 is 14.8 Å². The lowest BCUT2D eigenvalue weighted by Crippen LogP contribution is -2.32. The van der Waals surface area contributed by atoms with Crippen LogP contribution in [0.1, 0.15) is 21.5 Å². The largest absolute Gasteiger partial charge is 0.497 e. The topological polar surface area (TPSA) is 106 Å². The first-order valence-electron chi connectivity index (χ1n) is 11.0. The van der Waals surface area contributed by atoms with Gasteiger partial charge in [-0.1, -0.05) is 48.0 Å². The second kappa shape index (κ2) is 11.0. The molecule has 0 aliphatic heterocycles. The maximum atomic E-state index is 12.7. The first kappa shape index (κ1) is 24.2. The summed E-state index contributed by atoms with van der Waals surface area (Å²) in [5.41, 5.74) is 4.54. The molecule has 2 N–H and O–H groups in total. The zero-order valence-corrected chi connectivity index (χ0v) is 19.6. The summed E-state index contributed by atoms with van der Waals surface area (Å²) in [4.78, 5) is 37.2. The molecule has 0 saturated carbocycles. The number of esters is 1. The molecule has 8 heteroatoms. The average molecular weight is 482 g/mol. The molecule has 180 valence electrons. The highest BCUT2D eigenvalue weighted by Crippen LogP contribution is 2.27. The van der Waals surface area contributed by atoms with Crippen molar-refractivity contribution >= 4 is 40.5 Å². The van der Waals surface area contributed by atoms with Crippen LogP contribution < -0.4 is 20.2 Å². The molecule has 0 saturated heterocycles. The van der Waals surface area contributed by atoms with Crippen LogP contribution in [0.2, 0.25) is 0 Å². The van der Waals surface area contributed by atoms with Gasteiger partial charge in [0.1, 0.15) is 11.5 Å². The molecular formula is C28H23N3O5. The van der Waals surface area contributed by atoms with Crippen molar-refractivity contribution in [3.05, 3.63) is 102 Å². The molecular weight excluding hydrogens is 458 g/mol. The van der Waals surface area contributed by atoms with Gasteiger partial charge in [-0.05, 0) is 60.2 Å².